The first-order chi connectivity index (χ1) is 12.0. The van der Waals surface area contributed by atoms with Crippen LogP contribution in [0.3, 0.4) is 0 Å². The van der Waals surface area contributed by atoms with Gasteiger partial charge in [-0.1, -0.05) is 36.0 Å². The van der Waals surface area contributed by atoms with Gasteiger partial charge in [0.05, 0.1) is 5.25 Å². The minimum atomic E-state index is -0.420. The van der Waals surface area contributed by atoms with Gasteiger partial charge in [0.2, 0.25) is 5.91 Å². The number of aromatic nitrogens is 3. The third kappa shape index (κ3) is 4.06. The van der Waals surface area contributed by atoms with Crippen LogP contribution in [0.1, 0.15) is 12.5 Å². The number of para-hydroxylation sites is 1. The Morgan fingerprint density at radius 3 is 2.72 bits per heavy atom. The average molecular weight is 356 g/mol. The minimum absolute atomic E-state index is 0.226. The highest BCUT2D eigenvalue weighted by molar-refractivity contribution is 8.00. The number of hydrogen-bond acceptors (Lipinski definition) is 4. The molecule has 0 saturated heterocycles. The van der Waals surface area contributed by atoms with Crippen molar-refractivity contribution >= 4 is 23.4 Å². The molecule has 1 amide bonds. The molecule has 128 valence electrons. The molecule has 25 heavy (non-hydrogen) atoms. The molecule has 0 radical (unpaired) electrons. The highest BCUT2D eigenvalue weighted by atomic mass is 32.2. The number of carbonyl (C=O) groups is 1. The maximum Gasteiger partial charge on any atom is 0.237 e. The van der Waals surface area contributed by atoms with Gasteiger partial charge in [-0.25, -0.2) is 4.39 Å². The number of nitrogens with one attached hydrogen (secondary N) is 1. The third-order valence-electron chi connectivity index (χ3n) is 3.64. The third-order valence-corrected chi connectivity index (χ3v) is 4.70. The molecule has 0 fully saturated rings. The summed E-state index contributed by atoms with van der Waals surface area (Å²) in [5, 5.41) is 10.9. The van der Waals surface area contributed by atoms with Crippen molar-refractivity contribution in [2.75, 3.05) is 5.32 Å². The number of amides is 1. The summed E-state index contributed by atoms with van der Waals surface area (Å²) in [5.41, 5.74) is 1.89. The fraction of sp³-hybridized carbons (Fsp3) is 0.167. The molecule has 1 unspecified atom stereocenters. The molecule has 0 aliphatic heterocycles. The maximum absolute atomic E-state index is 13.6. The number of hydrogen-bond donors (Lipinski definition) is 1. The van der Waals surface area contributed by atoms with E-state index in [9.17, 15) is 9.18 Å². The molecule has 0 spiro atoms. The van der Waals surface area contributed by atoms with Crippen LogP contribution in [0.5, 0.6) is 0 Å². The van der Waals surface area contributed by atoms with Crippen LogP contribution < -0.4 is 5.32 Å². The lowest BCUT2D eigenvalue weighted by atomic mass is 10.2. The van der Waals surface area contributed by atoms with Crippen molar-refractivity contribution < 1.29 is 9.18 Å². The fourth-order valence-corrected chi connectivity index (χ4v) is 3.04. The zero-order valence-electron chi connectivity index (χ0n) is 13.8. The van der Waals surface area contributed by atoms with Gasteiger partial charge in [0.1, 0.15) is 12.1 Å². The van der Waals surface area contributed by atoms with Gasteiger partial charge in [0.25, 0.3) is 0 Å². The topological polar surface area (TPSA) is 59.8 Å². The molecule has 5 nitrogen and oxygen atoms in total. The number of benzene rings is 2. The summed E-state index contributed by atoms with van der Waals surface area (Å²) in [4.78, 5) is 12.4. The molecule has 0 bridgehead atoms. The quantitative estimate of drug-likeness (QED) is 0.706. The van der Waals surface area contributed by atoms with Crippen molar-refractivity contribution in [1.82, 2.24) is 14.8 Å². The number of halogens is 1. The van der Waals surface area contributed by atoms with E-state index in [2.05, 4.69) is 15.5 Å². The summed E-state index contributed by atoms with van der Waals surface area (Å²) in [7, 11) is 0. The van der Waals surface area contributed by atoms with Crippen molar-refractivity contribution in [2.45, 2.75) is 24.3 Å². The molecule has 0 aliphatic carbocycles. The number of thioether (sulfide) groups is 1. The molecule has 1 heterocycles. The molecule has 1 atom stereocenters. The van der Waals surface area contributed by atoms with E-state index in [1.165, 1.54) is 17.8 Å². The molecule has 0 saturated carbocycles. The standard InChI is InChI=1S/C18H17FN4OS/c1-12-8-9-14(10-16(12)19)21-17(24)13(2)25-18-22-20-11-23(18)15-6-4-3-5-7-15/h3-11,13H,1-2H3,(H,21,24). The lowest BCUT2D eigenvalue weighted by Gasteiger charge is -2.13. The molecule has 3 rings (SSSR count). The van der Waals surface area contributed by atoms with Crippen LogP contribution in [0.15, 0.2) is 60.0 Å². The van der Waals surface area contributed by atoms with Crippen molar-refractivity contribution in [3.8, 4) is 5.69 Å². The van der Waals surface area contributed by atoms with Crippen LogP contribution in [0.2, 0.25) is 0 Å². The monoisotopic (exact) mass is 356 g/mol. The van der Waals surface area contributed by atoms with E-state index in [0.29, 0.717) is 16.4 Å². The Kier molecular flexibility index (Phi) is 5.14. The number of rotatable bonds is 5. The van der Waals surface area contributed by atoms with Crippen molar-refractivity contribution in [3.05, 3.63) is 66.2 Å². The first kappa shape index (κ1) is 17.2. The average Bonchev–Trinajstić information content (AvgIpc) is 3.07. The van der Waals surface area contributed by atoms with E-state index in [-0.39, 0.29) is 11.7 Å². The van der Waals surface area contributed by atoms with Crippen LogP contribution in [-0.4, -0.2) is 25.9 Å². The van der Waals surface area contributed by atoms with Gasteiger partial charge in [-0.15, -0.1) is 10.2 Å². The van der Waals surface area contributed by atoms with E-state index in [4.69, 9.17) is 0 Å². The van der Waals surface area contributed by atoms with E-state index in [0.717, 1.165) is 5.69 Å². The second-order valence-corrected chi connectivity index (χ2v) is 6.84. The van der Waals surface area contributed by atoms with E-state index in [1.807, 2.05) is 34.9 Å². The van der Waals surface area contributed by atoms with Crippen molar-refractivity contribution in [2.24, 2.45) is 0 Å². The zero-order chi connectivity index (χ0) is 17.8. The van der Waals surface area contributed by atoms with E-state index >= 15 is 0 Å². The van der Waals surface area contributed by atoms with Crippen molar-refractivity contribution in [3.63, 3.8) is 0 Å². The summed E-state index contributed by atoms with van der Waals surface area (Å²) in [6.45, 7) is 3.45. The summed E-state index contributed by atoms with van der Waals surface area (Å²) >= 11 is 1.29. The summed E-state index contributed by atoms with van der Waals surface area (Å²) < 4.78 is 15.4. The van der Waals surface area contributed by atoms with Crippen LogP contribution in [-0.2, 0) is 4.79 Å². The highest BCUT2D eigenvalue weighted by Gasteiger charge is 2.18. The van der Waals surface area contributed by atoms with E-state index < -0.39 is 5.25 Å². The van der Waals surface area contributed by atoms with Crippen LogP contribution in [0.4, 0.5) is 10.1 Å². The van der Waals surface area contributed by atoms with Gasteiger partial charge in [-0.05, 0) is 43.7 Å². The number of aryl methyl sites for hydroxylation is 1. The Morgan fingerprint density at radius 2 is 2.00 bits per heavy atom. The summed E-state index contributed by atoms with van der Waals surface area (Å²) in [5.74, 6) is -0.571. The van der Waals surface area contributed by atoms with Gasteiger partial charge in [0, 0.05) is 11.4 Å². The fourth-order valence-electron chi connectivity index (χ4n) is 2.20. The van der Waals surface area contributed by atoms with Crippen LogP contribution in [0, 0.1) is 12.7 Å². The van der Waals surface area contributed by atoms with E-state index in [1.54, 1.807) is 32.3 Å². The maximum atomic E-state index is 13.6. The molecule has 1 aromatic heterocycles. The summed E-state index contributed by atoms with van der Waals surface area (Å²) in [6, 6.07) is 14.3. The Labute approximate surface area is 149 Å². The number of anilines is 1. The highest BCUT2D eigenvalue weighted by Crippen LogP contribution is 2.25. The van der Waals surface area contributed by atoms with Gasteiger partial charge in [-0.3, -0.25) is 9.36 Å². The first-order valence-corrected chi connectivity index (χ1v) is 8.61. The Hall–Kier alpha value is -2.67. The summed E-state index contributed by atoms with van der Waals surface area (Å²) in [6.07, 6.45) is 1.61. The number of nitrogens with zero attached hydrogens (tertiary/aromatic N) is 3. The Bertz CT molecular complexity index is 882. The van der Waals surface area contributed by atoms with Crippen molar-refractivity contribution in [1.29, 1.82) is 0 Å². The first-order valence-electron chi connectivity index (χ1n) is 7.73. The lowest BCUT2D eigenvalue weighted by Crippen LogP contribution is -2.23. The molecule has 1 N–H and O–H groups in total. The SMILES string of the molecule is Cc1ccc(NC(=O)C(C)Sc2nncn2-c2ccccc2)cc1F. The normalized spacial score (nSPS) is 12.0. The number of carbonyl (C=O) groups excluding carboxylic acids is 1. The lowest BCUT2D eigenvalue weighted by molar-refractivity contribution is -0.115. The predicted octanol–water partition coefficient (Wildman–Crippen LogP) is 3.83. The predicted molar refractivity (Wildman–Crippen MR) is 96.4 cm³/mol. The smallest absolute Gasteiger partial charge is 0.237 e. The Morgan fingerprint density at radius 1 is 1.24 bits per heavy atom. The zero-order valence-corrected chi connectivity index (χ0v) is 14.6. The molecule has 2 aromatic carbocycles. The van der Waals surface area contributed by atoms with Gasteiger partial charge < -0.3 is 5.32 Å². The second-order valence-electron chi connectivity index (χ2n) is 5.53. The van der Waals surface area contributed by atoms with Crippen LogP contribution in [0.25, 0.3) is 5.69 Å². The molecular formula is C18H17FN4OS. The van der Waals surface area contributed by atoms with Crippen LogP contribution >= 0.6 is 11.8 Å². The molecule has 0 aliphatic rings. The molecular weight excluding hydrogens is 339 g/mol. The Balaban J connectivity index is 1.70. The molecule has 7 heteroatoms. The minimum Gasteiger partial charge on any atom is -0.325 e. The van der Waals surface area contributed by atoms with Gasteiger partial charge in [0.15, 0.2) is 5.16 Å². The molecule has 3 aromatic rings. The second kappa shape index (κ2) is 7.48. The van der Waals surface area contributed by atoms with Gasteiger partial charge >= 0.3 is 0 Å². The largest absolute Gasteiger partial charge is 0.325 e. The van der Waals surface area contributed by atoms with Gasteiger partial charge in [-0.2, -0.15) is 0 Å².